The van der Waals surface area contributed by atoms with Gasteiger partial charge in [0.05, 0.1) is 22.8 Å². The number of carbonyl (C=O) groups is 1. The van der Waals surface area contributed by atoms with Crippen molar-refractivity contribution in [3.05, 3.63) is 41.4 Å². The van der Waals surface area contributed by atoms with E-state index < -0.39 is 10.0 Å². The fraction of sp³-hybridized carbons (Fsp3) is 0.381. The molecule has 0 radical (unpaired) electrons. The first-order valence-electron chi connectivity index (χ1n) is 9.85. The molecule has 2 aromatic carbocycles. The molecule has 0 bridgehead atoms. The Hall–Kier alpha value is -1.90. The summed E-state index contributed by atoms with van der Waals surface area (Å²) in [6.45, 7) is 4.24. The topological polar surface area (TPSA) is 66.9 Å². The number of hydrogen-bond acceptors (Lipinski definition) is 5. The Morgan fingerprint density at radius 1 is 1.23 bits per heavy atom. The maximum Gasteiger partial charge on any atom is 0.264 e. The van der Waals surface area contributed by atoms with Crippen molar-refractivity contribution in [3.63, 3.8) is 0 Å². The van der Waals surface area contributed by atoms with E-state index in [4.69, 9.17) is 16.3 Å². The minimum Gasteiger partial charge on any atom is -0.486 e. The molecule has 0 fully saturated rings. The Morgan fingerprint density at radius 2 is 2.03 bits per heavy atom. The number of fused-ring (bicyclic) bond motifs is 2. The van der Waals surface area contributed by atoms with Gasteiger partial charge in [-0.15, -0.1) is 11.8 Å². The smallest absolute Gasteiger partial charge is 0.264 e. The van der Waals surface area contributed by atoms with Crippen LogP contribution in [0.1, 0.15) is 26.7 Å². The highest BCUT2D eigenvalue weighted by Gasteiger charge is 2.35. The summed E-state index contributed by atoms with van der Waals surface area (Å²) in [5.74, 6) is 1.29. The summed E-state index contributed by atoms with van der Waals surface area (Å²) in [7, 11) is -3.88. The van der Waals surface area contributed by atoms with Crippen molar-refractivity contribution in [2.24, 2.45) is 0 Å². The molecule has 6 nitrogen and oxygen atoms in total. The van der Waals surface area contributed by atoms with Crippen LogP contribution in [0.5, 0.6) is 5.75 Å². The zero-order chi connectivity index (χ0) is 21.5. The summed E-state index contributed by atoms with van der Waals surface area (Å²) in [6, 6.07) is 10.0. The number of carbonyl (C=O) groups excluding carboxylic acids is 1. The van der Waals surface area contributed by atoms with E-state index in [1.54, 1.807) is 53.1 Å². The van der Waals surface area contributed by atoms with E-state index in [2.05, 4.69) is 0 Å². The van der Waals surface area contributed by atoms with Crippen LogP contribution in [0.25, 0.3) is 0 Å². The van der Waals surface area contributed by atoms with E-state index in [0.29, 0.717) is 35.1 Å². The largest absolute Gasteiger partial charge is 0.486 e. The molecule has 9 heteroatoms. The van der Waals surface area contributed by atoms with E-state index in [1.165, 1.54) is 11.2 Å². The molecule has 0 aliphatic carbocycles. The highest BCUT2D eigenvalue weighted by molar-refractivity contribution is 7.99. The van der Waals surface area contributed by atoms with Crippen LogP contribution in [0, 0.1) is 0 Å². The van der Waals surface area contributed by atoms with Crippen LogP contribution in [0.15, 0.2) is 46.2 Å². The maximum atomic E-state index is 13.7. The van der Waals surface area contributed by atoms with Gasteiger partial charge >= 0.3 is 0 Å². The monoisotopic (exact) mass is 466 g/mol. The van der Waals surface area contributed by atoms with Gasteiger partial charge in [-0.05, 0) is 55.0 Å². The van der Waals surface area contributed by atoms with E-state index in [1.807, 2.05) is 6.92 Å². The molecular weight excluding hydrogens is 444 g/mol. The summed E-state index contributed by atoms with van der Waals surface area (Å²) in [6.07, 6.45) is 1.28. The van der Waals surface area contributed by atoms with Gasteiger partial charge in [-0.3, -0.25) is 9.10 Å². The van der Waals surface area contributed by atoms with Crippen molar-refractivity contribution in [3.8, 4) is 5.75 Å². The van der Waals surface area contributed by atoms with Gasteiger partial charge in [0.1, 0.15) is 11.9 Å². The van der Waals surface area contributed by atoms with Crippen LogP contribution in [0.4, 0.5) is 11.4 Å². The summed E-state index contributed by atoms with van der Waals surface area (Å²) >= 11 is 7.79. The van der Waals surface area contributed by atoms with E-state index in [9.17, 15) is 13.2 Å². The fourth-order valence-corrected chi connectivity index (χ4v) is 6.36. The van der Waals surface area contributed by atoms with Crippen LogP contribution in [-0.2, 0) is 14.8 Å². The van der Waals surface area contributed by atoms with Crippen molar-refractivity contribution >= 4 is 50.7 Å². The molecule has 2 aromatic rings. The van der Waals surface area contributed by atoms with Crippen molar-refractivity contribution in [2.45, 2.75) is 42.6 Å². The van der Waals surface area contributed by atoms with E-state index >= 15 is 0 Å². The Morgan fingerprint density at radius 3 is 2.77 bits per heavy atom. The van der Waals surface area contributed by atoms with Gasteiger partial charge < -0.3 is 9.64 Å². The number of amides is 1. The second-order valence-electron chi connectivity index (χ2n) is 7.30. The van der Waals surface area contributed by atoms with Gasteiger partial charge in [0.2, 0.25) is 5.91 Å². The second-order valence-corrected chi connectivity index (χ2v) is 10.7. The van der Waals surface area contributed by atoms with Gasteiger partial charge in [0.25, 0.3) is 10.0 Å². The SMILES string of the molecule is CC[C@@H]1CN(S(=O)(=O)c2ccc3c(c2)N(C(C)=O)CCCS3)c2cc(Cl)ccc2O1. The molecule has 1 atom stereocenters. The summed E-state index contributed by atoms with van der Waals surface area (Å²) < 4.78 is 34.7. The maximum absolute atomic E-state index is 13.7. The number of ether oxygens (including phenoxy) is 1. The van der Waals surface area contributed by atoms with Crippen molar-refractivity contribution in [2.75, 3.05) is 28.0 Å². The van der Waals surface area contributed by atoms with Gasteiger partial charge in [0.15, 0.2) is 0 Å². The summed E-state index contributed by atoms with van der Waals surface area (Å²) in [5, 5.41) is 0.439. The molecule has 4 rings (SSSR count). The van der Waals surface area contributed by atoms with Crippen LogP contribution < -0.4 is 13.9 Å². The number of rotatable bonds is 3. The van der Waals surface area contributed by atoms with Crippen molar-refractivity contribution < 1.29 is 17.9 Å². The Kier molecular flexibility index (Phi) is 5.92. The van der Waals surface area contributed by atoms with Crippen LogP contribution >= 0.6 is 23.4 Å². The molecule has 0 spiro atoms. The lowest BCUT2D eigenvalue weighted by atomic mass is 10.2. The second kappa shape index (κ2) is 8.32. The lowest BCUT2D eigenvalue weighted by Crippen LogP contribution is -2.43. The Bertz CT molecular complexity index is 1090. The van der Waals surface area contributed by atoms with Gasteiger partial charge in [-0.1, -0.05) is 18.5 Å². The number of sulfonamides is 1. The predicted molar refractivity (Wildman–Crippen MR) is 121 cm³/mol. The molecule has 0 N–H and O–H groups in total. The predicted octanol–water partition coefficient (Wildman–Crippen LogP) is 4.56. The van der Waals surface area contributed by atoms with Crippen molar-refractivity contribution in [1.29, 1.82) is 0 Å². The van der Waals surface area contributed by atoms with Crippen LogP contribution in [0.2, 0.25) is 5.02 Å². The number of thioether (sulfide) groups is 1. The molecule has 2 heterocycles. The Balaban J connectivity index is 1.81. The first-order chi connectivity index (χ1) is 14.3. The normalized spacial score (nSPS) is 18.8. The lowest BCUT2D eigenvalue weighted by molar-refractivity contribution is -0.116. The van der Waals surface area contributed by atoms with E-state index in [0.717, 1.165) is 17.1 Å². The molecule has 0 saturated carbocycles. The molecular formula is C21H23ClN2O4S2. The highest BCUT2D eigenvalue weighted by atomic mass is 35.5. The third-order valence-electron chi connectivity index (χ3n) is 5.28. The number of anilines is 2. The summed E-state index contributed by atoms with van der Waals surface area (Å²) in [5.41, 5.74) is 1.08. The molecule has 160 valence electrons. The average Bonchev–Trinajstić information content (AvgIpc) is 2.94. The van der Waals surface area contributed by atoms with Gasteiger partial charge in [-0.2, -0.15) is 0 Å². The Labute approximate surface area is 186 Å². The molecule has 30 heavy (non-hydrogen) atoms. The quantitative estimate of drug-likeness (QED) is 0.663. The number of nitrogens with zero attached hydrogens (tertiary/aromatic N) is 2. The summed E-state index contributed by atoms with van der Waals surface area (Å²) in [4.78, 5) is 14.9. The molecule has 1 amide bonds. The minimum atomic E-state index is -3.88. The molecule has 0 unspecified atom stereocenters. The number of benzene rings is 2. The fourth-order valence-electron chi connectivity index (χ4n) is 3.70. The van der Waals surface area contributed by atoms with Crippen LogP contribution in [0.3, 0.4) is 0 Å². The van der Waals surface area contributed by atoms with Crippen molar-refractivity contribution in [1.82, 2.24) is 0 Å². The van der Waals surface area contributed by atoms with Crippen LogP contribution in [-0.4, -0.2) is 39.3 Å². The number of halogens is 1. The standard InChI is InChI=1S/C21H23ClN2O4S2/c1-3-16-13-24(18-11-15(22)5-7-20(18)28-16)30(26,27)17-6-8-21-19(12-17)23(14(2)25)9-4-10-29-21/h5-8,11-12,16H,3-4,9-10,13H2,1-2H3/t16-/m1/s1. The zero-order valence-electron chi connectivity index (χ0n) is 16.8. The highest BCUT2D eigenvalue weighted by Crippen LogP contribution is 2.41. The zero-order valence-corrected chi connectivity index (χ0v) is 19.2. The number of hydrogen-bond donors (Lipinski definition) is 0. The molecule has 0 aromatic heterocycles. The molecule has 0 saturated heterocycles. The molecule has 2 aliphatic rings. The average molecular weight is 467 g/mol. The van der Waals surface area contributed by atoms with E-state index in [-0.39, 0.29) is 23.5 Å². The minimum absolute atomic E-state index is 0.0946. The lowest BCUT2D eigenvalue weighted by Gasteiger charge is -2.35. The molecule has 2 aliphatic heterocycles. The van der Waals surface area contributed by atoms with Gasteiger partial charge in [0, 0.05) is 23.4 Å². The first-order valence-corrected chi connectivity index (χ1v) is 12.7. The third-order valence-corrected chi connectivity index (χ3v) is 8.44. The van der Waals surface area contributed by atoms with Gasteiger partial charge in [-0.25, -0.2) is 8.42 Å². The first kappa shape index (κ1) is 21.3. The third kappa shape index (κ3) is 3.88.